The molecule has 5 heteroatoms. The Kier molecular flexibility index (Phi) is 4.79. The van der Waals surface area contributed by atoms with Crippen molar-refractivity contribution in [2.24, 2.45) is 23.7 Å². The number of hydrogen-bond donors (Lipinski definition) is 2. The Hall–Kier alpha value is -3.47. The molecule has 0 saturated heterocycles. The van der Waals surface area contributed by atoms with E-state index >= 15 is 0 Å². The fourth-order valence-electron chi connectivity index (χ4n) is 4.90. The Bertz CT molecular complexity index is 1120. The second-order valence-electron chi connectivity index (χ2n) is 8.09. The Balaban J connectivity index is 1.35. The standard InChI is InChI=1S/C25H23N3O2/c29-24(27-15-16-5-4-12-26-14-16)22-18-10-11-19(13-18)23(22)25(30)28-21-9-3-7-17-6-1-2-8-20(17)21/h1-12,14,18-19,22-23H,13,15H2,(H,27,29)(H,28,30)/t18-,19+,22-,23+/m0/s1. The molecule has 1 fully saturated rings. The zero-order chi connectivity index (χ0) is 20.5. The number of allylic oxidation sites excluding steroid dienone is 2. The summed E-state index contributed by atoms with van der Waals surface area (Å²) in [6.45, 7) is 0.419. The summed E-state index contributed by atoms with van der Waals surface area (Å²) in [5.74, 6) is -0.607. The van der Waals surface area contributed by atoms with Crippen LogP contribution in [0, 0.1) is 23.7 Å². The van der Waals surface area contributed by atoms with Crippen LogP contribution in [-0.4, -0.2) is 16.8 Å². The van der Waals surface area contributed by atoms with Crippen molar-refractivity contribution in [3.63, 3.8) is 0 Å². The van der Waals surface area contributed by atoms with Gasteiger partial charge in [0.25, 0.3) is 0 Å². The average molecular weight is 397 g/mol. The predicted octanol–water partition coefficient (Wildman–Crippen LogP) is 3.93. The summed E-state index contributed by atoms with van der Waals surface area (Å²) in [6, 6.07) is 17.6. The lowest BCUT2D eigenvalue weighted by molar-refractivity contribution is -0.133. The van der Waals surface area contributed by atoms with E-state index in [4.69, 9.17) is 0 Å². The molecule has 2 N–H and O–H groups in total. The number of hydrogen-bond acceptors (Lipinski definition) is 3. The summed E-state index contributed by atoms with van der Waals surface area (Å²) in [7, 11) is 0. The SMILES string of the molecule is O=C(NCc1cccnc1)[C@@H]1[C@H](C(=O)Nc2cccc3ccccc23)[C@@H]2C=C[C@H]1C2. The maximum Gasteiger partial charge on any atom is 0.228 e. The molecule has 5 nitrogen and oxygen atoms in total. The van der Waals surface area contributed by atoms with E-state index in [0.29, 0.717) is 6.54 Å². The molecule has 2 aliphatic rings. The van der Waals surface area contributed by atoms with E-state index in [2.05, 4.69) is 27.8 Å². The van der Waals surface area contributed by atoms with E-state index in [0.717, 1.165) is 28.4 Å². The zero-order valence-electron chi connectivity index (χ0n) is 16.5. The van der Waals surface area contributed by atoms with Crippen molar-refractivity contribution in [1.29, 1.82) is 0 Å². The van der Waals surface area contributed by atoms with Gasteiger partial charge in [0.15, 0.2) is 0 Å². The van der Waals surface area contributed by atoms with Crippen LogP contribution in [0.5, 0.6) is 0 Å². The summed E-state index contributed by atoms with van der Waals surface area (Å²) in [5.41, 5.74) is 1.74. The molecule has 5 rings (SSSR count). The van der Waals surface area contributed by atoms with Gasteiger partial charge in [-0.2, -0.15) is 0 Å². The van der Waals surface area contributed by atoms with Gasteiger partial charge < -0.3 is 10.6 Å². The van der Waals surface area contributed by atoms with Crippen LogP contribution in [0.15, 0.2) is 79.1 Å². The molecule has 2 aromatic carbocycles. The van der Waals surface area contributed by atoms with E-state index in [-0.39, 0.29) is 35.5 Å². The number of nitrogens with one attached hydrogen (secondary N) is 2. The summed E-state index contributed by atoms with van der Waals surface area (Å²) in [5, 5.41) is 8.20. The van der Waals surface area contributed by atoms with E-state index < -0.39 is 0 Å². The van der Waals surface area contributed by atoms with Crippen LogP contribution in [0.4, 0.5) is 5.69 Å². The van der Waals surface area contributed by atoms with Crippen molar-refractivity contribution in [2.45, 2.75) is 13.0 Å². The topological polar surface area (TPSA) is 71.1 Å². The summed E-state index contributed by atoms with van der Waals surface area (Å²) < 4.78 is 0. The molecule has 30 heavy (non-hydrogen) atoms. The monoisotopic (exact) mass is 397 g/mol. The number of pyridine rings is 1. The van der Waals surface area contributed by atoms with E-state index in [9.17, 15) is 9.59 Å². The van der Waals surface area contributed by atoms with Crippen LogP contribution in [0.25, 0.3) is 10.8 Å². The fourth-order valence-corrected chi connectivity index (χ4v) is 4.90. The predicted molar refractivity (Wildman–Crippen MR) is 116 cm³/mol. The minimum absolute atomic E-state index is 0.0613. The number of carbonyl (C=O) groups excluding carboxylic acids is 2. The lowest BCUT2D eigenvalue weighted by Crippen LogP contribution is -2.41. The number of amides is 2. The summed E-state index contributed by atoms with van der Waals surface area (Å²) in [6.07, 6.45) is 8.51. The maximum absolute atomic E-state index is 13.3. The normalized spacial score (nSPS) is 24.1. The highest BCUT2D eigenvalue weighted by atomic mass is 16.2. The van der Waals surface area contributed by atoms with Crippen LogP contribution >= 0.6 is 0 Å². The van der Waals surface area contributed by atoms with Crippen molar-refractivity contribution in [2.75, 3.05) is 5.32 Å². The third-order valence-corrected chi connectivity index (χ3v) is 6.30. The van der Waals surface area contributed by atoms with Gasteiger partial charge in [0.05, 0.1) is 11.8 Å². The molecular weight excluding hydrogens is 374 g/mol. The second-order valence-corrected chi connectivity index (χ2v) is 8.09. The van der Waals surface area contributed by atoms with Crippen LogP contribution in [-0.2, 0) is 16.1 Å². The van der Waals surface area contributed by atoms with Crippen LogP contribution in [0.2, 0.25) is 0 Å². The van der Waals surface area contributed by atoms with E-state index in [1.165, 1.54) is 0 Å². The minimum Gasteiger partial charge on any atom is -0.352 e. The van der Waals surface area contributed by atoms with Crippen molar-refractivity contribution in [3.8, 4) is 0 Å². The zero-order valence-corrected chi connectivity index (χ0v) is 16.5. The highest BCUT2D eigenvalue weighted by Crippen LogP contribution is 2.48. The molecule has 2 aliphatic carbocycles. The lowest BCUT2D eigenvalue weighted by Gasteiger charge is -2.26. The van der Waals surface area contributed by atoms with Crippen LogP contribution in [0.1, 0.15) is 12.0 Å². The number of anilines is 1. The van der Waals surface area contributed by atoms with Crippen molar-refractivity contribution in [1.82, 2.24) is 10.3 Å². The molecule has 0 aliphatic heterocycles. The Morgan fingerprint density at radius 3 is 2.47 bits per heavy atom. The largest absolute Gasteiger partial charge is 0.352 e. The fraction of sp³-hybridized carbons (Fsp3) is 0.240. The molecule has 0 unspecified atom stereocenters. The lowest BCUT2D eigenvalue weighted by atomic mass is 9.81. The smallest absolute Gasteiger partial charge is 0.228 e. The molecular formula is C25H23N3O2. The molecule has 2 amide bonds. The van der Waals surface area contributed by atoms with E-state index in [1.54, 1.807) is 12.4 Å². The second kappa shape index (κ2) is 7.75. The first kappa shape index (κ1) is 18.6. The van der Waals surface area contributed by atoms with Crippen LogP contribution in [0.3, 0.4) is 0 Å². The number of carbonyl (C=O) groups is 2. The van der Waals surface area contributed by atoms with Crippen molar-refractivity contribution < 1.29 is 9.59 Å². The first-order valence-corrected chi connectivity index (χ1v) is 10.3. The number of fused-ring (bicyclic) bond motifs is 3. The number of nitrogens with zero attached hydrogens (tertiary/aromatic N) is 1. The molecule has 1 heterocycles. The quantitative estimate of drug-likeness (QED) is 0.641. The number of rotatable bonds is 5. The van der Waals surface area contributed by atoms with Gasteiger partial charge in [0, 0.05) is 30.0 Å². The van der Waals surface area contributed by atoms with Crippen molar-refractivity contribution in [3.05, 3.63) is 84.7 Å². The Morgan fingerprint density at radius 2 is 1.67 bits per heavy atom. The van der Waals surface area contributed by atoms with Gasteiger partial charge in [-0.3, -0.25) is 14.6 Å². The van der Waals surface area contributed by atoms with Gasteiger partial charge in [-0.05, 0) is 41.3 Å². The summed E-state index contributed by atoms with van der Waals surface area (Å²) >= 11 is 0. The maximum atomic E-state index is 13.3. The molecule has 150 valence electrons. The molecule has 0 spiro atoms. The Morgan fingerprint density at radius 1 is 0.900 bits per heavy atom. The van der Waals surface area contributed by atoms with Gasteiger partial charge in [-0.1, -0.05) is 54.6 Å². The molecule has 0 radical (unpaired) electrons. The highest BCUT2D eigenvalue weighted by Gasteiger charge is 2.51. The third-order valence-electron chi connectivity index (χ3n) is 6.30. The van der Waals surface area contributed by atoms with Gasteiger partial charge >= 0.3 is 0 Å². The molecule has 1 saturated carbocycles. The highest BCUT2D eigenvalue weighted by molar-refractivity contribution is 6.04. The molecule has 2 bridgehead atoms. The van der Waals surface area contributed by atoms with Gasteiger partial charge in [0.2, 0.25) is 11.8 Å². The number of benzene rings is 2. The van der Waals surface area contributed by atoms with Crippen molar-refractivity contribution >= 4 is 28.3 Å². The Labute approximate surface area is 175 Å². The first-order chi connectivity index (χ1) is 14.7. The average Bonchev–Trinajstić information content (AvgIpc) is 3.40. The van der Waals surface area contributed by atoms with Gasteiger partial charge in [-0.15, -0.1) is 0 Å². The van der Waals surface area contributed by atoms with Crippen LogP contribution < -0.4 is 10.6 Å². The molecule has 1 aromatic heterocycles. The number of aromatic nitrogens is 1. The minimum atomic E-state index is -0.354. The molecule has 3 aromatic rings. The molecule has 4 atom stereocenters. The van der Waals surface area contributed by atoms with E-state index in [1.807, 2.05) is 54.6 Å². The first-order valence-electron chi connectivity index (χ1n) is 10.3. The summed E-state index contributed by atoms with van der Waals surface area (Å²) in [4.78, 5) is 30.4. The third kappa shape index (κ3) is 3.36. The van der Waals surface area contributed by atoms with Gasteiger partial charge in [0.1, 0.15) is 0 Å². The van der Waals surface area contributed by atoms with Gasteiger partial charge in [-0.25, -0.2) is 0 Å².